The molecule has 6 heteroatoms. The first-order valence-corrected chi connectivity index (χ1v) is 6.66. The number of nitrogens with zero attached hydrogens (tertiary/aromatic N) is 2. The fourth-order valence-electron chi connectivity index (χ4n) is 2.03. The molecule has 6 nitrogen and oxygen atoms in total. The Labute approximate surface area is 126 Å². The molecule has 22 heavy (non-hydrogen) atoms. The number of aromatic hydroxyl groups is 1. The lowest BCUT2D eigenvalue weighted by molar-refractivity contribution is -0.115. The van der Waals surface area contributed by atoms with E-state index in [4.69, 9.17) is 4.42 Å². The lowest BCUT2D eigenvalue weighted by Gasteiger charge is -2.07. The van der Waals surface area contributed by atoms with Gasteiger partial charge in [-0.15, -0.1) is 10.2 Å². The third kappa shape index (κ3) is 3.12. The van der Waals surface area contributed by atoms with Gasteiger partial charge in [0.25, 0.3) is 0 Å². The predicted octanol–water partition coefficient (Wildman–Crippen LogP) is 2.62. The average molecular weight is 295 g/mol. The molecule has 0 atom stereocenters. The maximum atomic E-state index is 12.0. The van der Waals surface area contributed by atoms with Crippen LogP contribution in [-0.4, -0.2) is 21.2 Å². The summed E-state index contributed by atoms with van der Waals surface area (Å²) in [6.07, 6.45) is 1.37. The van der Waals surface area contributed by atoms with Crippen LogP contribution in [0.2, 0.25) is 0 Å². The van der Waals surface area contributed by atoms with Crippen molar-refractivity contribution in [3.05, 3.63) is 60.5 Å². The Bertz CT molecular complexity index is 768. The molecule has 0 spiro atoms. The molecule has 0 fully saturated rings. The number of nitrogens with one attached hydrogen (secondary N) is 1. The van der Waals surface area contributed by atoms with Crippen LogP contribution in [0.3, 0.4) is 0 Å². The van der Waals surface area contributed by atoms with Gasteiger partial charge >= 0.3 is 0 Å². The van der Waals surface area contributed by atoms with E-state index in [0.717, 1.165) is 5.56 Å². The molecule has 3 rings (SSSR count). The van der Waals surface area contributed by atoms with E-state index in [1.54, 1.807) is 48.5 Å². The Balaban J connectivity index is 1.66. The number of phenolic OH excluding ortho intramolecular Hbond substituents is 1. The van der Waals surface area contributed by atoms with E-state index in [-0.39, 0.29) is 18.1 Å². The van der Waals surface area contributed by atoms with Crippen LogP contribution in [0.25, 0.3) is 11.5 Å². The van der Waals surface area contributed by atoms with Crippen LogP contribution in [0.15, 0.2) is 59.3 Å². The summed E-state index contributed by atoms with van der Waals surface area (Å²) in [5.41, 5.74) is 2.02. The molecule has 0 saturated carbocycles. The van der Waals surface area contributed by atoms with Gasteiger partial charge in [0, 0.05) is 16.8 Å². The second kappa shape index (κ2) is 6.09. The number of para-hydroxylation sites is 1. The fraction of sp³-hybridized carbons (Fsp3) is 0.0625. The zero-order valence-corrected chi connectivity index (χ0v) is 11.6. The fourth-order valence-corrected chi connectivity index (χ4v) is 2.03. The van der Waals surface area contributed by atoms with Crippen molar-refractivity contribution in [1.82, 2.24) is 10.2 Å². The Morgan fingerprint density at radius 3 is 2.59 bits per heavy atom. The van der Waals surface area contributed by atoms with Crippen molar-refractivity contribution < 1.29 is 14.3 Å². The molecule has 1 heterocycles. The van der Waals surface area contributed by atoms with Crippen LogP contribution in [0.5, 0.6) is 5.75 Å². The molecule has 0 radical (unpaired) electrons. The highest BCUT2D eigenvalue weighted by Crippen LogP contribution is 2.20. The summed E-state index contributed by atoms with van der Waals surface area (Å²) in [6.45, 7) is 0. The molecule has 2 aromatic carbocycles. The van der Waals surface area contributed by atoms with Crippen molar-refractivity contribution in [2.24, 2.45) is 0 Å². The van der Waals surface area contributed by atoms with Crippen molar-refractivity contribution >= 4 is 11.6 Å². The van der Waals surface area contributed by atoms with Gasteiger partial charge in [0.1, 0.15) is 5.75 Å². The Morgan fingerprint density at radius 1 is 1.14 bits per heavy atom. The van der Waals surface area contributed by atoms with E-state index in [1.807, 2.05) is 0 Å². The van der Waals surface area contributed by atoms with E-state index in [9.17, 15) is 9.90 Å². The molecule has 0 unspecified atom stereocenters. The number of carbonyl (C=O) groups excluding carboxylic acids is 1. The SMILES string of the molecule is O=C(Cc1ccccc1O)Nc1ccc(-c2nnco2)cc1. The summed E-state index contributed by atoms with van der Waals surface area (Å²) < 4.78 is 5.10. The molecule has 0 saturated heterocycles. The third-order valence-corrected chi connectivity index (χ3v) is 3.12. The molecule has 0 bridgehead atoms. The largest absolute Gasteiger partial charge is 0.508 e. The lowest BCUT2D eigenvalue weighted by atomic mass is 10.1. The monoisotopic (exact) mass is 295 g/mol. The summed E-state index contributed by atoms with van der Waals surface area (Å²) in [5, 5.41) is 19.9. The van der Waals surface area contributed by atoms with Crippen LogP contribution >= 0.6 is 0 Å². The minimum Gasteiger partial charge on any atom is -0.508 e. The van der Waals surface area contributed by atoms with Gasteiger partial charge < -0.3 is 14.8 Å². The van der Waals surface area contributed by atoms with Crippen LogP contribution in [0.4, 0.5) is 5.69 Å². The first kappa shape index (κ1) is 13.8. The molecule has 3 aromatic rings. The molecule has 0 aliphatic heterocycles. The van der Waals surface area contributed by atoms with Gasteiger partial charge in [-0.2, -0.15) is 0 Å². The number of phenols is 1. The quantitative estimate of drug-likeness (QED) is 0.772. The Morgan fingerprint density at radius 2 is 1.91 bits per heavy atom. The highest BCUT2D eigenvalue weighted by molar-refractivity contribution is 5.92. The minimum absolute atomic E-state index is 0.109. The summed E-state index contributed by atoms with van der Waals surface area (Å²) in [6, 6.07) is 13.8. The second-order valence-electron chi connectivity index (χ2n) is 4.67. The lowest BCUT2D eigenvalue weighted by Crippen LogP contribution is -2.14. The molecule has 2 N–H and O–H groups in total. The number of anilines is 1. The van der Waals surface area contributed by atoms with Crippen molar-refractivity contribution in [3.63, 3.8) is 0 Å². The maximum Gasteiger partial charge on any atom is 0.247 e. The molecule has 1 amide bonds. The van der Waals surface area contributed by atoms with Crippen molar-refractivity contribution in [3.8, 4) is 17.2 Å². The normalized spacial score (nSPS) is 10.4. The number of rotatable bonds is 4. The van der Waals surface area contributed by atoms with Gasteiger partial charge in [-0.25, -0.2) is 0 Å². The van der Waals surface area contributed by atoms with Crippen LogP contribution in [0.1, 0.15) is 5.56 Å². The average Bonchev–Trinajstić information content (AvgIpc) is 3.05. The van der Waals surface area contributed by atoms with E-state index in [1.165, 1.54) is 6.39 Å². The van der Waals surface area contributed by atoms with E-state index < -0.39 is 0 Å². The van der Waals surface area contributed by atoms with Crippen LogP contribution in [-0.2, 0) is 11.2 Å². The topological polar surface area (TPSA) is 88.2 Å². The highest BCUT2D eigenvalue weighted by Gasteiger charge is 2.08. The molecular formula is C16H13N3O3. The Hall–Kier alpha value is -3.15. The van der Waals surface area contributed by atoms with Gasteiger partial charge in [0.05, 0.1) is 6.42 Å². The van der Waals surface area contributed by atoms with Gasteiger partial charge in [-0.05, 0) is 30.3 Å². The number of amides is 1. The zero-order chi connectivity index (χ0) is 15.4. The number of carbonyl (C=O) groups is 1. The second-order valence-corrected chi connectivity index (χ2v) is 4.67. The summed E-state index contributed by atoms with van der Waals surface area (Å²) >= 11 is 0. The van der Waals surface area contributed by atoms with Crippen LogP contribution in [0, 0.1) is 0 Å². The standard InChI is InChI=1S/C16H13N3O3/c20-14-4-2-1-3-12(14)9-15(21)18-13-7-5-11(6-8-13)16-19-17-10-22-16/h1-8,10,20H,9H2,(H,18,21). The molecule has 0 aliphatic rings. The first-order chi connectivity index (χ1) is 10.7. The summed E-state index contributed by atoms with van der Waals surface area (Å²) in [4.78, 5) is 12.0. The molecule has 110 valence electrons. The first-order valence-electron chi connectivity index (χ1n) is 6.66. The molecular weight excluding hydrogens is 282 g/mol. The van der Waals surface area contributed by atoms with E-state index in [0.29, 0.717) is 17.1 Å². The van der Waals surface area contributed by atoms with Crippen LogP contribution < -0.4 is 5.32 Å². The predicted molar refractivity (Wildman–Crippen MR) is 80.2 cm³/mol. The number of hydrogen-bond donors (Lipinski definition) is 2. The van der Waals surface area contributed by atoms with Gasteiger partial charge in [0.15, 0.2) is 0 Å². The Kier molecular flexibility index (Phi) is 3.82. The van der Waals surface area contributed by atoms with Crippen molar-refractivity contribution in [1.29, 1.82) is 0 Å². The maximum absolute atomic E-state index is 12.0. The summed E-state index contributed by atoms with van der Waals surface area (Å²) in [7, 11) is 0. The van der Waals surface area contributed by atoms with E-state index >= 15 is 0 Å². The zero-order valence-electron chi connectivity index (χ0n) is 11.6. The van der Waals surface area contributed by atoms with Gasteiger partial charge in [-0.3, -0.25) is 4.79 Å². The van der Waals surface area contributed by atoms with E-state index in [2.05, 4.69) is 15.5 Å². The summed E-state index contributed by atoms with van der Waals surface area (Å²) in [5.74, 6) is 0.337. The smallest absolute Gasteiger partial charge is 0.247 e. The van der Waals surface area contributed by atoms with Gasteiger partial charge in [0.2, 0.25) is 18.2 Å². The minimum atomic E-state index is -0.202. The number of benzene rings is 2. The third-order valence-electron chi connectivity index (χ3n) is 3.12. The van der Waals surface area contributed by atoms with Crippen molar-refractivity contribution in [2.75, 3.05) is 5.32 Å². The number of hydrogen-bond acceptors (Lipinski definition) is 5. The molecule has 0 aliphatic carbocycles. The van der Waals surface area contributed by atoms with Gasteiger partial charge in [-0.1, -0.05) is 18.2 Å². The van der Waals surface area contributed by atoms with Crippen molar-refractivity contribution in [2.45, 2.75) is 6.42 Å². The molecule has 1 aromatic heterocycles. The highest BCUT2D eigenvalue weighted by atomic mass is 16.4. The number of aromatic nitrogens is 2.